The minimum atomic E-state index is 0.392. The highest BCUT2D eigenvalue weighted by molar-refractivity contribution is 9.10. The van der Waals surface area contributed by atoms with Crippen LogP contribution in [-0.4, -0.2) is 24.7 Å². The molecule has 19 heavy (non-hydrogen) atoms. The maximum absolute atomic E-state index is 5.86. The van der Waals surface area contributed by atoms with Crippen molar-refractivity contribution < 1.29 is 4.74 Å². The number of rotatable bonds is 2. The number of fused-ring (bicyclic) bond motifs is 1. The molecule has 0 spiro atoms. The molecule has 3 rings (SSSR count). The summed E-state index contributed by atoms with van der Waals surface area (Å²) >= 11 is 3.52. The maximum Gasteiger partial charge on any atom is 0.125 e. The predicted molar refractivity (Wildman–Crippen MR) is 80.2 cm³/mol. The van der Waals surface area contributed by atoms with Gasteiger partial charge in [-0.2, -0.15) is 0 Å². The zero-order valence-corrected chi connectivity index (χ0v) is 12.8. The van der Waals surface area contributed by atoms with Crippen LogP contribution in [-0.2, 0) is 0 Å². The van der Waals surface area contributed by atoms with E-state index in [2.05, 4.69) is 44.6 Å². The summed E-state index contributed by atoms with van der Waals surface area (Å²) in [5.41, 5.74) is 5.01. The van der Waals surface area contributed by atoms with Gasteiger partial charge in [0.2, 0.25) is 0 Å². The van der Waals surface area contributed by atoms with Crippen molar-refractivity contribution in [2.75, 3.05) is 19.7 Å². The molecule has 1 aromatic rings. The van der Waals surface area contributed by atoms with Crippen molar-refractivity contribution in [3.05, 3.63) is 28.2 Å². The van der Waals surface area contributed by atoms with Crippen molar-refractivity contribution in [1.82, 2.24) is 10.4 Å². The number of hydrogen-bond donors (Lipinski definition) is 1. The Balaban J connectivity index is 1.77. The van der Waals surface area contributed by atoms with Gasteiger partial charge in [0.25, 0.3) is 0 Å². The topological polar surface area (TPSA) is 24.5 Å². The van der Waals surface area contributed by atoms with Gasteiger partial charge in [0.15, 0.2) is 0 Å². The third-order valence-corrected chi connectivity index (χ3v) is 4.43. The Hall–Kier alpha value is -0.580. The second-order valence-corrected chi connectivity index (χ2v) is 6.32. The molecular formula is C15H21BrN2O. The minimum absolute atomic E-state index is 0.392. The summed E-state index contributed by atoms with van der Waals surface area (Å²) in [5.74, 6) is 1.03. The van der Waals surface area contributed by atoms with Crippen LogP contribution in [0.1, 0.15) is 43.7 Å². The number of piperidine rings is 1. The predicted octanol–water partition coefficient (Wildman–Crippen LogP) is 3.65. The van der Waals surface area contributed by atoms with Crippen LogP contribution in [0.4, 0.5) is 0 Å². The molecule has 1 atom stereocenters. The molecule has 0 aromatic heterocycles. The fraction of sp³-hybridized carbons (Fsp3) is 0.600. The lowest BCUT2D eigenvalue weighted by Gasteiger charge is -2.31. The smallest absolute Gasteiger partial charge is 0.125 e. The van der Waals surface area contributed by atoms with Gasteiger partial charge in [0.05, 0.1) is 12.6 Å². The minimum Gasteiger partial charge on any atom is -0.493 e. The van der Waals surface area contributed by atoms with E-state index in [-0.39, 0.29) is 0 Å². The molecule has 1 N–H and O–H groups in total. The molecule has 2 heterocycles. The van der Waals surface area contributed by atoms with Gasteiger partial charge in [-0.1, -0.05) is 28.4 Å². The van der Waals surface area contributed by atoms with Gasteiger partial charge in [-0.3, -0.25) is 0 Å². The lowest BCUT2D eigenvalue weighted by Crippen LogP contribution is -2.43. The molecule has 0 bridgehead atoms. The van der Waals surface area contributed by atoms with E-state index in [0.717, 1.165) is 29.7 Å². The third-order valence-electron chi connectivity index (χ3n) is 3.94. The number of hydrogen-bond acceptors (Lipinski definition) is 3. The second kappa shape index (κ2) is 6.25. The summed E-state index contributed by atoms with van der Waals surface area (Å²) in [7, 11) is 0. The molecule has 0 saturated carbocycles. The van der Waals surface area contributed by atoms with E-state index in [1.54, 1.807) is 0 Å². The highest BCUT2D eigenvalue weighted by atomic mass is 79.9. The molecule has 1 aromatic carbocycles. The van der Waals surface area contributed by atoms with Crippen LogP contribution in [0.2, 0.25) is 0 Å². The summed E-state index contributed by atoms with van der Waals surface area (Å²) in [6, 6.07) is 6.78. The lowest BCUT2D eigenvalue weighted by molar-refractivity contribution is 0.125. The van der Waals surface area contributed by atoms with E-state index >= 15 is 0 Å². The first-order chi connectivity index (χ1) is 9.33. The fourth-order valence-electron chi connectivity index (χ4n) is 2.92. The van der Waals surface area contributed by atoms with Crippen LogP contribution < -0.4 is 10.2 Å². The highest BCUT2D eigenvalue weighted by Gasteiger charge is 2.22. The second-order valence-electron chi connectivity index (χ2n) is 5.40. The fourth-order valence-corrected chi connectivity index (χ4v) is 3.26. The Bertz CT molecular complexity index is 432. The molecule has 3 nitrogen and oxygen atoms in total. The molecule has 2 aliphatic rings. The standard InChI is InChI=1S/C15H21BrN2O/c16-12-6-7-13-14(5-4-10-19-15(13)11-12)17-18-8-2-1-3-9-18/h6-7,11,14,17H,1-5,8-10H2. The van der Waals surface area contributed by atoms with Crippen molar-refractivity contribution in [3.63, 3.8) is 0 Å². The summed E-state index contributed by atoms with van der Waals surface area (Å²) in [5, 5.41) is 2.39. The Morgan fingerprint density at radius 1 is 1.16 bits per heavy atom. The molecule has 2 aliphatic heterocycles. The molecule has 0 radical (unpaired) electrons. The number of hydrazine groups is 1. The largest absolute Gasteiger partial charge is 0.493 e. The third kappa shape index (κ3) is 3.30. The first-order valence-corrected chi connectivity index (χ1v) is 8.05. The lowest BCUT2D eigenvalue weighted by atomic mass is 10.0. The molecule has 0 aliphatic carbocycles. The molecule has 1 unspecified atom stereocenters. The van der Waals surface area contributed by atoms with Crippen LogP contribution in [0, 0.1) is 0 Å². The van der Waals surface area contributed by atoms with Crippen molar-refractivity contribution in [3.8, 4) is 5.75 Å². The number of halogens is 1. The normalized spacial score (nSPS) is 24.4. The van der Waals surface area contributed by atoms with Gasteiger partial charge in [-0.15, -0.1) is 0 Å². The number of nitrogens with zero attached hydrogens (tertiary/aromatic N) is 1. The summed E-state index contributed by atoms with van der Waals surface area (Å²) < 4.78 is 6.95. The highest BCUT2D eigenvalue weighted by Crippen LogP contribution is 2.34. The van der Waals surface area contributed by atoms with Crippen LogP contribution in [0.25, 0.3) is 0 Å². The first kappa shape index (κ1) is 13.4. The van der Waals surface area contributed by atoms with Gasteiger partial charge in [-0.25, -0.2) is 10.4 Å². The van der Waals surface area contributed by atoms with Crippen molar-refractivity contribution in [2.45, 2.75) is 38.1 Å². The van der Waals surface area contributed by atoms with Gasteiger partial charge in [0, 0.05) is 23.1 Å². The average molecular weight is 325 g/mol. The van der Waals surface area contributed by atoms with Gasteiger partial charge in [-0.05, 0) is 37.8 Å². The van der Waals surface area contributed by atoms with E-state index in [0.29, 0.717) is 6.04 Å². The Labute approximate surface area is 123 Å². The maximum atomic E-state index is 5.86. The summed E-state index contributed by atoms with van der Waals surface area (Å²) in [4.78, 5) is 0. The van der Waals surface area contributed by atoms with Gasteiger partial charge < -0.3 is 4.74 Å². The Kier molecular flexibility index (Phi) is 4.41. The number of benzene rings is 1. The van der Waals surface area contributed by atoms with Crippen molar-refractivity contribution in [2.24, 2.45) is 0 Å². The Morgan fingerprint density at radius 3 is 2.84 bits per heavy atom. The van der Waals surface area contributed by atoms with Crippen LogP contribution in [0.15, 0.2) is 22.7 Å². The number of ether oxygens (including phenoxy) is 1. The van der Waals surface area contributed by atoms with Crippen molar-refractivity contribution >= 4 is 15.9 Å². The molecule has 4 heteroatoms. The molecule has 1 fully saturated rings. The summed E-state index contributed by atoms with van der Waals surface area (Å²) in [6.45, 7) is 3.16. The Morgan fingerprint density at radius 2 is 2.00 bits per heavy atom. The van der Waals surface area contributed by atoms with Crippen LogP contribution in [0.3, 0.4) is 0 Å². The monoisotopic (exact) mass is 324 g/mol. The summed E-state index contributed by atoms with van der Waals surface area (Å²) in [6.07, 6.45) is 6.24. The number of nitrogens with one attached hydrogen (secondary N) is 1. The molecule has 0 amide bonds. The van der Waals surface area contributed by atoms with E-state index in [9.17, 15) is 0 Å². The quantitative estimate of drug-likeness (QED) is 0.898. The van der Waals surface area contributed by atoms with Crippen LogP contribution in [0.5, 0.6) is 5.75 Å². The van der Waals surface area contributed by atoms with Gasteiger partial charge in [0.1, 0.15) is 5.75 Å². The van der Waals surface area contributed by atoms with Crippen LogP contribution >= 0.6 is 15.9 Å². The molecule has 1 saturated heterocycles. The first-order valence-electron chi connectivity index (χ1n) is 7.26. The zero-order valence-electron chi connectivity index (χ0n) is 11.2. The zero-order chi connectivity index (χ0) is 13.1. The van der Waals surface area contributed by atoms with Gasteiger partial charge >= 0.3 is 0 Å². The molecule has 104 valence electrons. The molecular weight excluding hydrogens is 304 g/mol. The van der Waals surface area contributed by atoms with E-state index in [4.69, 9.17) is 4.74 Å². The van der Waals surface area contributed by atoms with E-state index in [1.807, 2.05) is 0 Å². The SMILES string of the molecule is Brc1ccc2c(c1)OCCCC2NN1CCCCC1. The van der Waals surface area contributed by atoms with Crippen molar-refractivity contribution in [1.29, 1.82) is 0 Å². The van der Waals surface area contributed by atoms with E-state index in [1.165, 1.54) is 37.9 Å². The van der Waals surface area contributed by atoms with E-state index < -0.39 is 0 Å². The average Bonchev–Trinajstić information content (AvgIpc) is 2.62.